The second kappa shape index (κ2) is 21.9. The molecule has 0 fully saturated rings. The Balaban J connectivity index is 1.56. The van der Waals surface area contributed by atoms with Gasteiger partial charge in [-0.15, -0.1) is 0 Å². The fourth-order valence-corrected chi connectivity index (χ4v) is 5.18. The van der Waals surface area contributed by atoms with Gasteiger partial charge in [-0.3, -0.25) is 24.1 Å². The number of carbonyl (C=O) groups excluding carboxylic acids is 6. The first-order valence-electron chi connectivity index (χ1n) is 18.3. The lowest BCUT2D eigenvalue weighted by Crippen LogP contribution is -2.50. The van der Waals surface area contributed by atoms with Gasteiger partial charge in [-0.1, -0.05) is 44.9 Å². The summed E-state index contributed by atoms with van der Waals surface area (Å²) in [6, 6.07) is 6.00. The van der Waals surface area contributed by atoms with Crippen LogP contribution in [-0.2, 0) is 33.4 Å². The fraction of sp³-hybridized carbons (Fsp3) is 0.641. The number of rotatable bonds is 23. The van der Waals surface area contributed by atoms with Gasteiger partial charge >= 0.3 is 11.9 Å². The molecule has 0 saturated heterocycles. The first kappa shape index (κ1) is 42.9. The first-order valence-corrected chi connectivity index (χ1v) is 18.3. The fourth-order valence-electron chi connectivity index (χ4n) is 5.18. The van der Waals surface area contributed by atoms with Crippen molar-refractivity contribution in [1.29, 1.82) is 0 Å². The van der Waals surface area contributed by atoms with Gasteiger partial charge in [0.15, 0.2) is 0 Å². The molecular formula is C39H59N3O9. The second-order valence-corrected chi connectivity index (χ2v) is 14.9. The number of carbonyl (C=O) groups is 6. The lowest BCUT2D eigenvalue weighted by molar-refractivity contribution is -0.158. The Labute approximate surface area is 303 Å². The van der Waals surface area contributed by atoms with E-state index in [0.29, 0.717) is 44.4 Å². The Morgan fingerprint density at radius 2 is 1.18 bits per heavy atom. The van der Waals surface area contributed by atoms with Gasteiger partial charge in [-0.25, -0.2) is 9.59 Å². The Hall–Kier alpha value is -4.22. The van der Waals surface area contributed by atoms with Crippen LogP contribution in [0.5, 0.6) is 5.75 Å². The smallest absolute Gasteiger partial charge is 0.338 e. The van der Waals surface area contributed by atoms with Crippen LogP contribution >= 0.6 is 0 Å². The molecule has 0 unspecified atom stereocenters. The first-order chi connectivity index (χ1) is 24.0. The second-order valence-electron chi connectivity index (χ2n) is 14.9. The Morgan fingerprint density at radius 1 is 0.667 bits per heavy atom. The predicted octanol–water partition coefficient (Wildman–Crippen LogP) is 5.96. The molecular weight excluding hydrogens is 654 g/mol. The molecule has 2 N–H and O–H groups in total. The zero-order valence-electron chi connectivity index (χ0n) is 31.5. The summed E-state index contributed by atoms with van der Waals surface area (Å²) in [6.07, 6.45) is 12.7. The van der Waals surface area contributed by atoms with E-state index in [1.54, 1.807) is 45.0 Å². The third kappa shape index (κ3) is 19.1. The van der Waals surface area contributed by atoms with E-state index in [-0.39, 0.29) is 49.0 Å². The molecule has 0 radical (unpaired) electrons. The number of hydrogen-bond donors (Lipinski definition) is 2. The molecule has 0 aliphatic carbocycles. The maximum Gasteiger partial charge on any atom is 0.338 e. The van der Waals surface area contributed by atoms with Crippen molar-refractivity contribution >= 4 is 35.6 Å². The van der Waals surface area contributed by atoms with Crippen molar-refractivity contribution in [2.24, 2.45) is 0 Å². The lowest BCUT2D eigenvalue weighted by atomic mass is 10.1. The zero-order valence-corrected chi connectivity index (χ0v) is 31.5. The molecule has 2 rings (SSSR count). The van der Waals surface area contributed by atoms with E-state index >= 15 is 0 Å². The quantitative estimate of drug-likeness (QED) is 0.0794. The van der Waals surface area contributed by atoms with E-state index in [2.05, 4.69) is 10.6 Å². The standard InChI is InChI=1S/C39H59N3O9/c1-38(2,3)50-36(47)29-20-22-30(23-21-29)49-27-17-12-10-8-7-9-11-14-19-33(44)41-31(37(48)51-39(4,5)6)28-40-32(43)18-15-13-16-26-42-34(45)24-25-35(42)46/h20-25,31H,7-19,26-28H2,1-6H3,(H,40,43)(H,41,44)/t31-/m0/s1. The summed E-state index contributed by atoms with van der Waals surface area (Å²) in [5, 5.41) is 5.46. The highest BCUT2D eigenvalue weighted by Crippen LogP contribution is 2.17. The van der Waals surface area contributed by atoms with Gasteiger partial charge in [0.05, 0.1) is 12.2 Å². The third-order valence-corrected chi connectivity index (χ3v) is 7.77. The van der Waals surface area contributed by atoms with Crippen LogP contribution in [0.1, 0.15) is 135 Å². The molecule has 1 aromatic carbocycles. The summed E-state index contributed by atoms with van der Waals surface area (Å²) in [4.78, 5) is 74.5. The van der Waals surface area contributed by atoms with Crippen molar-refractivity contribution in [3.8, 4) is 5.75 Å². The van der Waals surface area contributed by atoms with Gasteiger partial charge in [0, 0.05) is 38.1 Å². The monoisotopic (exact) mass is 713 g/mol. The van der Waals surface area contributed by atoms with Gasteiger partial charge in [0.1, 0.15) is 23.0 Å². The Morgan fingerprint density at radius 3 is 1.75 bits per heavy atom. The molecule has 4 amide bonds. The molecule has 0 saturated carbocycles. The van der Waals surface area contributed by atoms with E-state index in [1.807, 2.05) is 20.8 Å². The summed E-state index contributed by atoms with van der Waals surface area (Å²) in [7, 11) is 0. The minimum atomic E-state index is -0.999. The number of imide groups is 1. The van der Waals surface area contributed by atoms with Gasteiger partial charge < -0.3 is 24.8 Å². The van der Waals surface area contributed by atoms with Crippen LogP contribution in [0, 0.1) is 0 Å². The molecule has 12 nitrogen and oxygen atoms in total. The summed E-state index contributed by atoms with van der Waals surface area (Å²) in [5.41, 5.74) is -0.786. The van der Waals surface area contributed by atoms with Crippen molar-refractivity contribution in [1.82, 2.24) is 15.5 Å². The third-order valence-electron chi connectivity index (χ3n) is 7.77. The Kier molecular flexibility index (Phi) is 18.4. The number of nitrogens with one attached hydrogen (secondary N) is 2. The normalized spacial score (nSPS) is 13.6. The van der Waals surface area contributed by atoms with E-state index in [1.165, 1.54) is 17.1 Å². The van der Waals surface area contributed by atoms with Crippen molar-refractivity contribution in [2.75, 3.05) is 19.7 Å². The number of hydrogen-bond acceptors (Lipinski definition) is 9. The van der Waals surface area contributed by atoms with Crippen LogP contribution in [0.15, 0.2) is 36.4 Å². The van der Waals surface area contributed by atoms with Crippen LogP contribution < -0.4 is 15.4 Å². The molecule has 51 heavy (non-hydrogen) atoms. The SMILES string of the molecule is CC(C)(C)OC(=O)c1ccc(OCCCCCCCCCCC(=O)N[C@@H](CNC(=O)CCCCCN2C(=O)C=CC2=O)C(=O)OC(C)(C)C)cc1. The molecule has 1 heterocycles. The van der Waals surface area contributed by atoms with Gasteiger partial charge in [0.25, 0.3) is 11.8 Å². The molecule has 0 bridgehead atoms. The largest absolute Gasteiger partial charge is 0.494 e. The molecule has 0 spiro atoms. The molecule has 12 heteroatoms. The highest BCUT2D eigenvalue weighted by molar-refractivity contribution is 6.12. The number of ether oxygens (including phenoxy) is 3. The average Bonchev–Trinajstić information content (AvgIpc) is 3.36. The number of benzene rings is 1. The molecule has 1 aromatic rings. The number of amides is 4. The number of unbranched alkanes of at least 4 members (excludes halogenated alkanes) is 9. The van der Waals surface area contributed by atoms with Gasteiger partial charge in [-0.2, -0.15) is 0 Å². The molecule has 1 aliphatic rings. The minimum absolute atomic E-state index is 0.0760. The van der Waals surface area contributed by atoms with Crippen molar-refractivity contribution in [3.63, 3.8) is 0 Å². The van der Waals surface area contributed by atoms with Gasteiger partial charge in [-0.05, 0) is 91.5 Å². The van der Waals surface area contributed by atoms with Crippen LogP contribution in [0.2, 0.25) is 0 Å². The topological polar surface area (TPSA) is 157 Å². The highest BCUT2D eigenvalue weighted by Gasteiger charge is 2.27. The number of nitrogens with zero attached hydrogens (tertiary/aromatic N) is 1. The summed E-state index contributed by atoms with van der Waals surface area (Å²) in [5.74, 6) is -1.39. The molecule has 284 valence electrons. The van der Waals surface area contributed by atoms with E-state index in [0.717, 1.165) is 50.7 Å². The van der Waals surface area contributed by atoms with Crippen molar-refractivity contribution in [3.05, 3.63) is 42.0 Å². The highest BCUT2D eigenvalue weighted by atomic mass is 16.6. The molecule has 1 atom stereocenters. The number of esters is 2. The summed E-state index contributed by atoms with van der Waals surface area (Å²) >= 11 is 0. The van der Waals surface area contributed by atoms with Crippen LogP contribution in [0.4, 0.5) is 0 Å². The maximum absolute atomic E-state index is 12.8. The van der Waals surface area contributed by atoms with E-state index in [4.69, 9.17) is 14.2 Å². The van der Waals surface area contributed by atoms with Crippen molar-refractivity contribution < 1.29 is 43.0 Å². The Bertz CT molecular complexity index is 1310. The van der Waals surface area contributed by atoms with E-state index < -0.39 is 23.2 Å². The van der Waals surface area contributed by atoms with Crippen LogP contribution in [0.25, 0.3) is 0 Å². The lowest BCUT2D eigenvalue weighted by Gasteiger charge is -2.25. The molecule has 1 aliphatic heterocycles. The maximum atomic E-state index is 12.8. The zero-order chi connectivity index (χ0) is 37.9. The minimum Gasteiger partial charge on any atom is -0.494 e. The van der Waals surface area contributed by atoms with Crippen molar-refractivity contribution in [2.45, 2.75) is 142 Å². The van der Waals surface area contributed by atoms with Crippen LogP contribution in [0.3, 0.4) is 0 Å². The molecule has 0 aromatic heterocycles. The summed E-state index contributed by atoms with van der Waals surface area (Å²) < 4.78 is 16.7. The average molecular weight is 714 g/mol. The summed E-state index contributed by atoms with van der Waals surface area (Å²) in [6.45, 7) is 11.6. The van der Waals surface area contributed by atoms with Crippen LogP contribution in [-0.4, -0.2) is 77.4 Å². The van der Waals surface area contributed by atoms with E-state index in [9.17, 15) is 28.8 Å². The predicted molar refractivity (Wildman–Crippen MR) is 194 cm³/mol. The van der Waals surface area contributed by atoms with Gasteiger partial charge in [0.2, 0.25) is 11.8 Å².